The van der Waals surface area contributed by atoms with Gasteiger partial charge in [-0.3, -0.25) is 4.79 Å². The molecule has 2 aliphatic rings. The maximum absolute atomic E-state index is 12.7. The molecule has 2 fully saturated rings. The molecule has 3 rings (SSSR count). The van der Waals surface area contributed by atoms with Crippen LogP contribution in [0, 0.1) is 18.8 Å². The molecular weight excluding hydrogens is 292 g/mol. The van der Waals surface area contributed by atoms with E-state index in [2.05, 4.69) is 18.7 Å². The minimum Gasteiger partial charge on any atom is -0.478 e. The summed E-state index contributed by atoms with van der Waals surface area (Å²) in [6.07, 6.45) is 0.921. The van der Waals surface area contributed by atoms with Crippen molar-refractivity contribution in [1.82, 2.24) is 4.90 Å². The van der Waals surface area contributed by atoms with Crippen LogP contribution >= 0.6 is 0 Å². The van der Waals surface area contributed by atoms with E-state index in [0.717, 1.165) is 31.7 Å². The number of rotatable bonds is 3. The Morgan fingerprint density at radius 2 is 2.04 bits per heavy atom. The van der Waals surface area contributed by atoms with Gasteiger partial charge in [0.25, 0.3) is 0 Å². The highest BCUT2D eigenvalue weighted by atomic mass is 16.4. The summed E-state index contributed by atoms with van der Waals surface area (Å²) < 4.78 is 0. The Kier molecular flexibility index (Phi) is 4.15. The summed E-state index contributed by atoms with van der Waals surface area (Å²) in [5.74, 6) is -0.244. The van der Waals surface area contributed by atoms with Gasteiger partial charge >= 0.3 is 5.97 Å². The molecule has 5 nitrogen and oxygen atoms in total. The number of carbonyl (C=O) groups excluding carboxylic acids is 1. The van der Waals surface area contributed by atoms with E-state index in [0.29, 0.717) is 23.1 Å². The molecule has 1 aromatic carbocycles. The third kappa shape index (κ3) is 2.85. The molecule has 0 spiro atoms. The molecule has 124 valence electrons. The molecule has 2 aliphatic heterocycles. The third-order valence-corrected chi connectivity index (χ3v) is 5.25. The normalized spacial score (nSPS) is 25.0. The van der Waals surface area contributed by atoms with Gasteiger partial charge in [0.05, 0.1) is 5.56 Å². The number of carbonyl (C=O) groups is 2. The quantitative estimate of drug-likeness (QED) is 0.930. The number of aryl methyl sites for hydroxylation is 1. The number of benzene rings is 1. The first-order chi connectivity index (χ1) is 10.9. The molecule has 1 amide bonds. The van der Waals surface area contributed by atoms with E-state index in [4.69, 9.17) is 5.11 Å². The molecule has 0 saturated carbocycles. The number of hydrogen-bond acceptors (Lipinski definition) is 3. The van der Waals surface area contributed by atoms with Gasteiger partial charge in [0.15, 0.2) is 0 Å². The average Bonchev–Trinajstić information content (AvgIpc) is 2.83. The molecule has 5 heteroatoms. The number of carboxylic acids is 1. The molecule has 0 radical (unpaired) electrons. The van der Waals surface area contributed by atoms with Crippen LogP contribution in [0.25, 0.3) is 0 Å². The SMILES string of the molecule is Cc1cc(N2C[C@@H]3CN(C(C)C)CC[C@@H]3C2=O)ccc1C(=O)O. The second-order valence-electron chi connectivity index (χ2n) is 7.00. The first kappa shape index (κ1) is 16.0. The van der Waals surface area contributed by atoms with Crippen LogP contribution in [0.5, 0.6) is 0 Å². The molecule has 2 saturated heterocycles. The fourth-order valence-electron chi connectivity index (χ4n) is 3.85. The summed E-state index contributed by atoms with van der Waals surface area (Å²) in [5.41, 5.74) is 1.81. The van der Waals surface area contributed by atoms with Crippen molar-refractivity contribution in [3.05, 3.63) is 29.3 Å². The fraction of sp³-hybridized carbons (Fsp3) is 0.556. The molecule has 0 unspecified atom stereocenters. The predicted molar refractivity (Wildman–Crippen MR) is 88.8 cm³/mol. The first-order valence-electron chi connectivity index (χ1n) is 8.28. The molecule has 2 heterocycles. The van der Waals surface area contributed by atoms with Crippen molar-refractivity contribution in [3.8, 4) is 0 Å². The van der Waals surface area contributed by atoms with Gasteiger partial charge < -0.3 is 14.9 Å². The van der Waals surface area contributed by atoms with Gasteiger partial charge in [0.2, 0.25) is 5.91 Å². The van der Waals surface area contributed by atoms with Gasteiger partial charge in [-0.2, -0.15) is 0 Å². The van der Waals surface area contributed by atoms with Crippen molar-refractivity contribution in [2.75, 3.05) is 24.5 Å². The Balaban J connectivity index is 1.81. The molecule has 0 aromatic heterocycles. The summed E-state index contributed by atoms with van der Waals surface area (Å²) in [6.45, 7) is 8.86. The Morgan fingerprint density at radius 1 is 1.30 bits per heavy atom. The second kappa shape index (κ2) is 5.96. The lowest BCUT2D eigenvalue weighted by Gasteiger charge is -2.35. The van der Waals surface area contributed by atoms with Crippen molar-refractivity contribution in [2.24, 2.45) is 11.8 Å². The van der Waals surface area contributed by atoms with E-state index in [1.165, 1.54) is 0 Å². The number of piperidine rings is 1. The van der Waals surface area contributed by atoms with Crippen molar-refractivity contribution >= 4 is 17.6 Å². The van der Waals surface area contributed by atoms with E-state index in [9.17, 15) is 9.59 Å². The zero-order valence-electron chi connectivity index (χ0n) is 14.0. The number of likely N-dealkylation sites (tertiary alicyclic amines) is 1. The Morgan fingerprint density at radius 3 is 2.65 bits per heavy atom. The minimum atomic E-state index is -0.928. The van der Waals surface area contributed by atoms with Gasteiger partial charge in [-0.25, -0.2) is 4.79 Å². The third-order valence-electron chi connectivity index (χ3n) is 5.25. The van der Waals surface area contributed by atoms with Crippen LogP contribution in [0.4, 0.5) is 5.69 Å². The number of amides is 1. The number of anilines is 1. The number of aromatic carboxylic acids is 1. The van der Waals surface area contributed by atoms with Crippen molar-refractivity contribution in [2.45, 2.75) is 33.2 Å². The molecular formula is C18H24N2O3. The molecule has 23 heavy (non-hydrogen) atoms. The van der Waals surface area contributed by atoms with E-state index >= 15 is 0 Å². The number of hydrogen-bond donors (Lipinski definition) is 1. The van der Waals surface area contributed by atoms with E-state index < -0.39 is 5.97 Å². The number of fused-ring (bicyclic) bond motifs is 1. The lowest BCUT2D eigenvalue weighted by molar-refractivity contribution is -0.122. The smallest absolute Gasteiger partial charge is 0.335 e. The molecule has 2 atom stereocenters. The van der Waals surface area contributed by atoms with Crippen molar-refractivity contribution in [3.63, 3.8) is 0 Å². The van der Waals surface area contributed by atoms with Gasteiger partial charge in [0, 0.05) is 36.7 Å². The highest BCUT2D eigenvalue weighted by Gasteiger charge is 2.44. The first-order valence-corrected chi connectivity index (χ1v) is 8.28. The lowest BCUT2D eigenvalue weighted by Crippen LogP contribution is -2.44. The largest absolute Gasteiger partial charge is 0.478 e. The van der Waals surface area contributed by atoms with E-state index in [1.54, 1.807) is 19.1 Å². The van der Waals surface area contributed by atoms with Crippen molar-refractivity contribution < 1.29 is 14.7 Å². The van der Waals surface area contributed by atoms with Crippen LogP contribution < -0.4 is 4.90 Å². The highest BCUT2D eigenvalue weighted by Crippen LogP contribution is 2.36. The Hall–Kier alpha value is -1.88. The minimum absolute atomic E-state index is 0.115. The molecule has 1 aromatic rings. The maximum Gasteiger partial charge on any atom is 0.335 e. The predicted octanol–water partition coefficient (Wildman–Crippen LogP) is 2.39. The monoisotopic (exact) mass is 316 g/mol. The lowest BCUT2D eigenvalue weighted by atomic mass is 9.88. The van der Waals surface area contributed by atoms with Crippen LogP contribution in [-0.2, 0) is 4.79 Å². The summed E-state index contributed by atoms with van der Waals surface area (Å²) in [6, 6.07) is 5.69. The zero-order chi connectivity index (χ0) is 16.7. The molecule has 0 bridgehead atoms. The number of nitrogens with zero attached hydrogens (tertiary/aromatic N) is 2. The molecule has 1 N–H and O–H groups in total. The van der Waals surface area contributed by atoms with Crippen LogP contribution in [0.2, 0.25) is 0 Å². The summed E-state index contributed by atoms with van der Waals surface area (Å²) in [4.78, 5) is 28.2. The fourth-order valence-corrected chi connectivity index (χ4v) is 3.85. The Bertz CT molecular complexity index is 641. The summed E-state index contributed by atoms with van der Waals surface area (Å²) >= 11 is 0. The molecule has 0 aliphatic carbocycles. The summed E-state index contributed by atoms with van der Waals surface area (Å²) in [5, 5.41) is 9.14. The van der Waals surface area contributed by atoms with Gasteiger partial charge in [-0.15, -0.1) is 0 Å². The van der Waals surface area contributed by atoms with Gasteiger partial charge in [-0.1, -0.05) is 0 Å². The summed E-state index contributed by atoms with van der Waals surface area (Å²) in [7, 11) is 0. The number of carboxylic acid groups (broad SMARTS) is 1. The van der Waals surface area contributed by atoms with Gasteiger partial charge in [0.1, 0.15) is 0 Å². The topological polar surface area (TPSA) is 60.9 Å². The van der Waals surface area contributed by atoms with Crippen LogP contribution in [0.15, 0.2) is 18.2 Å². The van der Waals surface area contributed by atoms with Gasteiger partial charge in [-0.05, 0) is 57.5 Å². The highest BCUT2D eigenvalue weighted by molar-refractivity contribution is 5.98. The van der Waals surface area contributed by atoms with Crippen LogP contribution in [-0.4, -0.2) is 47.6 Å². The maximum atomic E-state index is 12.7. The second-order valence-corrected chi connectivity index (χ2v) is 7.00. The Labute approximate surface area is 136 Å². The van der Waals surface area contributed by atoms with Crippen LogP contribution in [0.1, 0.15) is 36.2 Å². The standard InChI is InChI=1S/C18H24N2O3/c1-11(2)19-7-6-16-13(9-19)10-20(17(16)21)14-4-5-15(18(22)23)12(3)8-14/h4-5,8,11,13,16H,6-7,9-10H2,1-3H3,(H,22,23)/t13-,16-/m0/s1. The van der Waals surface area contributed by atoms with E-state index in [-0.39, 0.29) is 11.8 Å². The zero-order valence-corrected chi connectivity index (χ0v) is 14.0. The van der Waals surface area contributed by atoms with Crippen LogP contribution in [0.3, 0.4) is 0 Å². The average molecular weight is 316 g/mol. The van der Waals surface area contributed by atoms with E-state index in [1.807, 2.05) is 11.0 Å². The van der Waals surface area contributed by atoms with Crippen molar-refractivity contribution in [1.29, 1.82) is 0 Å².